The zero-order valence-electron chi connectivity index (χ0n) is 20.3. The zero-order valence-corrected chi connectivity index (χ0v) is 21.9. The number of pyridine rings is 1. The monoisotopic (exact) mass is 511 g/mol. The quantitative estimate of drug-likeness (QED) is 0.270. The summed E-state index contributed by atoms with van der Waals surface area (Å²) < 4.78 is 0. The van der Waals surface area contributed by atoms with Crippen molar-refractivity contribution in [2.75, 3.05) is 26.2 Å². The summed E-state index contributed by atoms with van der Waals surface area (Å²) >= 11 is 6.03. The number of hydrogen-bond donors (Lipinski definition) is 1. The summed E-state index contributed by atoms with van der Waals surface area (Å²) in [5.74, 6) is 1.42. The van der Waals surface area contributed by atoms with Gasteiger partial charge in [-0.25, -0.2) is 0 Å². The van der Waals surface area contributed by atoms with Gasteiger partial charge in [-0.15, -0.1) is 12.4 Å². The number of amides is 1. The Morgan fingerprint density at radius 3 is 2.49 bits per heavy atom. The molecule has 0 saturated heterocycles. The van der Waals surface area contributed by atoms with Gasteiger partial charge in [0.2, 0.25) is 0 Å². The van der Waals surface area contributed by atoms with Crippen LogP contribution in [0, 0.1) is 5.92 Å². The van der Waals surface area contributed by atoms with Gasteiger partial charge in [-0.05, 0) is 92.6 Å². The molecule has 3 aromatic rings. The molecule has 1 N–H and O–H groups in total. The molecule has 0 bridgehead atoms. The van der Waals surface area contributed by atoms with E-state index in [1.54, 1.807) is 6.20 Å². The van der Waals surface area contributed by atoms with E-state index in [-0.39, 0.29) is 18.3 Å². The number of halogens is 2. The normalized spacial score (nSPS) is 16.5. The summed E-state index contributed by atoms with van der Waals surface area (Å²) in [5, 5.41) is 3.87. The second kappa shape index (κ2) is 13.6. The highest BCUT2D eigenvalue weighted by Gasteiger charge is 2.38. The van der Waals surface area contributed by atoms with Gasteiger partial charge in [-0.1, -0.05) is 48.9 Å². The number of nitrogens with one attached hydrogen (secondary N) is 1. The smallest absolute Gasteiger partial charge is 0.251 e. The van der Waals surface area contributed by atoms with Gasteiger partial charge in [-0.3, -0.25) is 9.78 Å². The maximum Gasteiger partial charge on any atom is 0.251 e. The van der Waals surface area contributed by atoms with E-state index < -0.39 is 0 Å². The van der Waals surface area contributed by atoms with Crippen LogP contribution < -0.4 is 5.32 Å². The Labute approximate surface area is 220 Å². The summed E-state index contributed by atoms with van der Waals surface area (Å²) in [6.45, 7) is 6.34. The first-order chi connectivity index (χ1) is 16.6. The van der Waals surface area contributed by atoms with E-state index in [1.165, 1.54) is 18.4 Å². The minimum Gasteiger partial charge on any atom is -0.352 e. The Morgan fingerprint density at radius 1 is 1.03 bits per heavy atom. The zero-order chi connectivity index (χ0) is 23.8. The maximum absolute atomic E-state index is 12.5. The summed E-state index contributed by atoms with van der Waals surface area (Å²) in [4.78, 5) is 19.4. The Hall–Kier alpha value is -2.40. The number of aromatic nitrogens is 1. The topological polar surface area (TPSA) is 45.2 Å². The molecule has 2 aromatic carbocycles. The van der Waals surface area contributed by atoms with Gasteiger partial charge in [-0.2, -0.15) is 0 Å². The van der Waals surface area contributed by atoms with E-state index in [0.29, 0.717) is 18.0 Å². The highest BCUT2D eigenvalue weighted by molar-refractivity contribution is 6.30. The summed E-state index contributed by atoms with van der Waals surface area (Å²) in [7, 11) is 0. The lowest BCUT2D eigenvalue weighted by molar-refractivity contribution is 0.0952. The van der Waals surface area contributed by atoms with Crippen LogP contribution in [-0.4, -0.2) is 42.0 Å². The Morgan fingerprint density at radius 2 is 1.80 bits per heavy atom. The standard InChI is InChI=1S/C29H34ClN3O.ClH/c1-2-18-33(21-25-20-27(25)22-12-14-26(30)15-13-22)19-6-5-17-32-29(34)24-10-8-23(9-11-24)28-7-3-4-16-31-28;/h3-4,7-16,25,27H,2,5-6,17-21H2,1H3,(H,32,34);1H. The lowest BCUT2D eigenvalue weighted by Crippen LogP contribution is -2.29. The highest BCUT2D eigenvalue weighted by atomic mass is 35.5. The first-order valence-corrected chi connectivity index (χ1v) is 12.8. The van der Waals surface area contributed by atoms with E-state index in [9.17, 15) is 4.79 Å². The summed E-state index contributed by atoms with van der Waals surface area (Å²) in [6.07, 6.45) is 6.31. The number of benzene rings is 2. The van der Waals surface area contributed by atoms with Crippen LogP contribution in [0.5, 0.6) is 0 Å². The summed E-state index contributed by atoms with van der Waals surface area (Å²) in [5.41, 5.74) is 4.04. The predicted octanol–water partition coefficient (Wildman–Crippen LogP) is 6.85. The van der Waals surface area contributed by atoms with Crippen LogP contribution in [0.2, 0.25) is 5.02 Å². The molecule has 0 spiro atoms. The average molecular weight is 513 g/mol. The molecule has 2 unspecified atom stereocenters. The van der Waals surface area contributed by atoms with Crippen molar-refractivity contribution in [3.8, 4) is 11.3 Å². The van der Waals surface area contributed by atoms with Crippen LogP contribution >= 0.6 is 24.0 Å². The molecule has 1 saturated carbocycles. The third-order valence-electron chi connectivity index (χ3n) is 6.55. The summed E-state index contributed by atoms with van der Waals surface area (Å²) in [6, 6.07) is 21.8. The van der Waals surface area contributed by atoms with Gasteiger partial charge in [0.25, 0.3) is 5.91 Å². The molecule has 4 nitrogen and oxygen atoms in total. The van der Waals surface area contributed by atoms with Crippen molar-refractivity contribution in [1.29, 1.82) is 0 Å². The van der Waals surface area contributed by atoms with Crippen molar-refractivity contribution in [1.82, 2.24) is 15.2 Å². The van der Waals surface area contributed by atoms with Crippen LogP contribution in [-0.2, 0) is 0 Å². The molecule has 4 rings (SSSR count). The number of carbonyl (C=O) groups excluding carboxylic acids is 1. The largest absolute Gasteiger partial charge is 0.352 e. The third kappa shape index (κ3) is 8.06. The van der Waals surface area contributed by atoms with Crippen LogP contribution in [0.15, 0.2) is 72.9 Å². The molecule has 6 heteroatoms. The molecule has 0 radical (unpaired) electrons. The fourth-order valence-corrected chi connectivity index (χ4v) is 4.73. The Bertz CT molecular complexity index is 1040. The van der Waals surface area contributed by atoms with Gasteiger partial charge < -0.3 is 10.2 Å². The molecule has 1 amide bonds. The molecule has 35 heavy (non-hydrogen) atoms. The van der Waals surface area contributed by atoms with Crippen molar-refractivity contribution in [3.05, 3.63) is 89.1 Å². The molecule has 1 aliphatic rings. The molecule has 2 atom stereocenters. The van der Waals surface area contributed by atoms with Crippen LogP contribution in [0.1, 0.15) is 54.4 Å². The molecular weight excluding hydrogens is 477 g/mol. The number of carbonyl (C=O) groups is 1. The predicted molar refractivity (Wildman–Crippen MR) is 148 cm³/mol. The minimum atomic E-state index is -0.0122. The van der Waals surface area contributed by atoms with Gasteiger partial charge in [0.05, 0.1) is 5.69 Å². The average Bonchev–Trinajstić information content (AvgIpc) is 3.64. The van der Waals surface area contributed by atoms with Gasteiger partial charge in [0.15, 0.2) is 0 Å². The first-order valence-electron chi connectivity index (χ1n) is 12.4. The molecule has 1 heterocycles. The van der Waals surface area contributed by atoms with E-state index >= 15 is 0 Å². The molecule has 1 aliphatic carbocycles. The Kier molecular flexibility index (Phi) is 10.6. The molecule has 1 aromatic heterocycles. The lowest BCUT2D eigenvalue weighted by Gasteiger charge is -2.22. The first kappa shape index (κ1) is 27.2. The van der Waals surface area contributed by atoms with Crippen LogP contribution in [0.3, 0.4) is 0 Å². The number of hydrogen-bond acceptors (Lipinski definition) is 3. The minimum absolute atomic E-state index is 0. The number of rotatable bonds is 12. The van der Waals surface area contributed by atoms with Crippen molar-refractivity contribution >= 4 is 29.9 Å². The van der Waals surface area contributed by atoms with Crippen molar-refractivity contribution in [3.63, 3.8) is 0 Å². The van der Waals surface area contributed by atoms with E-state index in [0.717, 1.165) is 54.7 Å². The molecule has 0 aliphatic heterocycles. The van der Waals surface area contributed by atoms with E-state index in [1.807, 2.05) is 54.6 Å². The highest BCUT2D eigenvalue weighted by Crippen LogP contribution is 2.48. The van der Waals surface area contributed by atoms with Crippen molar-refractivity contribution < 1.29 is 4.79 Å². The third-order valence-corrected chi connectivity index (χ3v) is 6.80. The van der Waals surface area contributed by atoms with E-state index in [4.69, 9.17) is 11.6 Å². The van der Waals surface area contributed by atoms with Gasteiger partial charge >= 0.3 is 0 Å². The molecule has 186 valence electrons. The molecular formula is C29H35Cl2N3O. The second-order valence-electron chi connectivity index (χ2n) is 9.21. The maximum atomic E-state index is 12.5. The SMILES string of the molecule is CCCN(CCCCNC(=O)c1ccc(-c2ccccn2)cc1)CC1CC1c1ccc(Cl)cc1.Cl. The number of nitrogens with zero attached hydrogens (tertiary/aromatic N) is 2. The molecule has 1 fully saturated rings. The second-order valence-corrected chi connectivity index (χ2v) is 9.65. The lowest BCUT2D eigenvalue weighted by atomic mass is 10.1. The van der Waals surface area contributed by atoms with Crippen molar-refractivity contribution in [2.24, 2.45) is 5.92 Å². The van der Waals surface area contributed by atoms with Crippen molar-refractivity contribution in [2.45, 2.75) is 38.5 Å². The fourth-order valence-electron chi connectivity index (χ4n) is 4.60. The van der Waals surface area contributed by atoms with E-state index in [2.05, 4.69) is 34.3 Å². The van der Waals surface area contributed by atoms with Gasteiger partial charge in [0, 0.05) is 35.4 Å². The van der Waals surface area contributed by atoms with Gasteiger partial charge in [0.1, 0.15) is 0 Å². The fraction of sp³-hybridized carbons (Fsp3) is 0.379. The van der Waals surface area contributed by atoms with Crippen LogP contribution in [0.25, 0.3) is 11.3 Å². The number of unbranched alkanes of at least 4 members (excludes halogenated alkanes) is 1. The Balaban J connectivity index is 0.00000342. The van der Waals surface area contributed by atoms with Crippen LogP contribution in [0.4, 0.5) is 0 Å².